The SMILES string of the molecule is CSCC(C)(O)CNC(=O)NC1CCOCC1. The Balaban J connectivity index is 2.20. The van der Waals surface area contributed by atoms with Crippen molar-refractivity contribution in [2.24, 2.45) is 0 Å². The van der Waals surface area contributed by atoms with Gasteiger partial charge in [-0.25, -0.2) is 4.79 Å². The van der Waals surface area contributed by atoms with Crippen molar-refractivity contribution in [1.29, 1.82) is 0 Å². The molecule has 1 aliphatic rings. The number of hydrogen-bond acceptors (Lipinski definition) is 4. The molecule has 6 heteroatoms. The molecule has 1 heterocycles. The number of hydrogen-bond donors (Lipinski definition) is 3. The summed E-state index contributed by atoms with van der Waals surface area (Å²) in [5.41, 5.74) is -0.855. The first-order valence-corrected chi connectivity index (χ1v) is 7.26. The molecular formula is C11H22N2O3S. The van der Waals surface area contributed by atoms with E-state index in [0.29, 0.717) is 19.0 Å². The summed E-state index contributed by atoms with van der Waals surface area (Å²) in [5, 5.41) is 15.5. The van der Waals surface area contributed by atoms with Gasteiger partial charge < -0.3 is 20.5 Å². The van der Waals surface area contributed by atoms with Crippen molar-refractivity contribution < 1.29 is 14.6 Å². The molecule has 1 atom stereocenters. The van der Waals surface area contributed by atoms with Gasteiger partial charge in [0.05, 0.1) is 5.60 Å². The van der Waals surface area contributed by atoms with Crippen molar-refractivity contribution in [3.8, 4) is 0 Å². The topological polar surface area (TPSA) is 70.6 Å². The molecule has 17 heavy (non-hydrogen) atoms. The van der Waals surface area contributed by atoms with Gasteiger partial charge >= 0.3 is 6.03 Å². The van der Waals surface area contributed by atoms with E-state index in [1.165, 1.54) is 0 Å². The third-order valence-corrected chi connectivity index (χ3v) is 3.55. The van der Waals surface area contributed by atoms with E-state index in [1.54, 1.807) is 18.7 Å². The molecule has 0 aliphatic carbocycles. The van der Waals surface area contributed by atoms with Gasteiger partial charge in [-0.2, -0.15) is 11.8 Å². The van der Waals surface area contributed by atoms with Crippen molar-refractivity contribution in [2.45, 2.75) is 31.4 Å². The summed E-state index contributed by atoms with van der Waals surface area (Å²) in [7, 11) is 0. The van der Waals surface area contributed by atoms with Crippen LogP contribution in [0.3, 0.4) is 0 Å². The maximum Gasteiger partial charge on any atom is 0.315 e. The smallest absolute Gasteiger partial charge is 0.315 e. The van der Waals surface area contributed by atoms with Gasteiger partial charge in [0.15, 0.2) is 0 Å². The molecule has 1 saturated heterocycles. The van der Waals surface area contributed by atoms with Crippen molar-refractivity contribution in [3.63, 3.8) is 0 Å². The Morgan fingerprint density at radius 1 is 1.53 bits per heavy atom. The molecule has 0 radical (unpaired) electrons. The minimum absolute atomic E-state index is 0.189. The third-order valence-electron chi connectivity index (χ3n) is 2.64. The first-order valence-electron chi connectivity index (χ1n) is 5.87. The van der Waals surface area contributed by atoms with E-state index in [-0.39, 0.29) is 18.6 Å². The van der Waals surface area contributed by atoms with Gasteiger partial charge in [-0.1, -0.05) is 0 Å². The molecule has 5 nitrogen and oxygen atoms in total. The minimum Gasteiger partial charge on any atom is -0.387 e. The molecule has 1 fully saturated rings. The minimum atomic E-state index is -0.855. The van der Waals surface area contributed by atoms with Gasteiger partial charge in [0, 0.05) is 31.6 Å². The number of carbonyl (C=O) groups is 1. The van der Waals surface area contributed by atoms with Gasteiger partial charge in [0.2, 0.25) is 0 Å². The number of amides is 2. The number of carbonyl (C=O) groups excluding carboxylic acids is 1. The highest BCUT2D eigenvalue weighted by atomic mass is 32.2. The second kappa shape index (κ2) is 7.08. The molecule has 3 N–H and O–H groups in total. The maximum atomic E-state index is 11.6. The number of rotatable bonds is 5. The molecule has 100 valence electrons. The normalized spacial score (nSPS) is 20.6. The number of ether oxygens (including phenoxy) is 1. The molecule has 0 bridgehead atoms. The average Bonchev–Trinajstić information content (AvgIpc) is 2.28. The van der Waals surface area contributed by atoms with Crippen LogP contribution in [0.1, 0.15) is 19.8 Å². The first kappa shape index (κ1) is 14.6. The van der Waals surface area contributed by atoms with Crippen molar-refractivity contribution >= 4 is 17.8 Å². The van der Waals surface area contributed by atoms with Crippen molar-refractivity contribution in [2.75, 3.05) is 31.8 Å². The van der Waals surface area contributed by atoms with E-state index >= 15 is 0 Å². The average molecular weight is 262 g/mol. The summed E-state index contributed by atoms with van der Waals surface area (Å²) < 4.78 is 5.21. The van der Waals surface area contributed by atoms with Crippen LogP contribution < -0.4 is 10.6 Å². The van der Waals surface area contributed by atoms with Crippen LogP contribution in [0.5, 0.6) is 0 Å². The fourth-order valence-corrected chi connectivity index (χ4v) is 2.43. The van der Waals surface area contributed by atoms with Crippen LogP contribution in [-0.4, -0.2) is 54.5 Å². The van der Waals surface area contributed by atoms with Crippen molar-refractivity contribution in [3.05, 3.63) is 0 Å². The van der Waals surface area contributed by atoms with Gasteiger partial charge in [0.1, 0.15) is 0 Å². The second-order valence-electron chi connectivity index (χ2n) is 4.64. The van der Waals surface area contributed by atoms with Crippen LogP contribution in [0, 0.1) is 0 Å². The predicted molar refractivity (Wildman–Crippen MR) is 69.4 cm³/mol. The summed E-state index contributed by atoms with van der Waals surface area (Å²) in [6, 6.07) is -0.0208. The summed E-state index contributed by atoms with van der Waals surface area (Å²) >= 11 is 1.56. The number of aliphatic hydroxyl groups is 1. The Morgan fingerprint density at radius 3 is 2.76 bits per heavy atom. The maximum absolute atomic E-state index is 11.6. The second-order valence-corrected chi connectivity index (χ2v) is 5.51. The van der Waals surface area contributed by atoms with Gasteiger partial charge in [-0.05, 0) is 26.0 Å². The molecule has 2 amide bonds. The molecular weight excluding hydrogens is 240 g/mol. The lowest BCUT2D eigenvalue weighted by molar-refractivity contribution is 0.0766. The molecule has 0 aromatic rings. The summed E-state index contributed by atoms with van der Waals surface area (Å²) in [4.78, 5) is 11.6. The Morgan fingerprint density at radius 2 is 2.18 bits per heavy atom. The summed E-state index contributed by atoms with van der Waals surface area (Å²) in [6.07, 6.45) is 3.64. The van der Waals surface area contributed by atoms with Crippen LogP contribution in [0.25, 0.3) is 0 Å². The fourth-order valence-electron chi connectivity index (χ4n) is 1.71. The van der Waals surface area contributed by atoms with E-state index in [4.69, 9.17) is 4.74 Å². The van der Waals surface area contributed by atoms with Crippen LogP contribution in [0.4, 0.5) is 4.79 Å². The zero-order valence-electron chi connectivity index (χ0n) is 10.5. The number of nitrogens with one attached hydrogen (secondary N) is 2. The standard InChI is InChI=1S/C11H22N2O3S/c1-11(15,8-17-2)7-12-10(14)13-9-3-5-16-6-4-9/h9,15H,3-8H2,1-2H3,(H2,12,13,14). The molecule has 0 aromatic heterocycles. The number of thioether (sulfide) groups is 1. The quantitative estimate of drug-likeness (QED) is 0.678. The first-order chi connectivity index (χ1) is 8.03. The Hall–Kier alpha value is -0.460. The zero-order chi connectivity index (χ0) is 12.7. The highest BCUT2D eigenvalue weighted by Gasteiger charge is 2.21. The Labute approximate surface area is 107 Å². The highest BCUT2D eigenvalue weighted by molar-refractivity contribution is 7.98. The fraction of sp³-hybridized carbons (Fsp3) is 0.909. The predicted octanol–water partition coefficient (Wildman–Crippen LogP) is 0.579. The Kier molecular flexibility index (Phi) is 6.08. The van der Waals surface area contributed by atoms with Gasteiger partial charge in [-0.3, -0.25) is 0 Å². The lowest BCUT2D eigenvalue weighted by Crippen LogP contribution is -2.49. The molecule has 0 saturated carbocycles. The summed E-state index contributed by atoms with van der Waals surface area (Å²) in [6.45, 7) is 3.39. The monoisotopic (exact) mass is 262 g/mol. The Bertz CT molecular complexity index is 243. The van der Waals surface area contributed by atoms with Gasteiger partial charge in [0.25, 0.3) is 0 Å². The van der Waals surface area contributed by atoms with Crippen LogP contribution in [-0.2, 0) is 4.74 Å². The van der Waals surface area contributed by atoms with Crippen LogP contribution in [0.2, 0.25) is 0 Å². The largest absolute Gasteiger partial charge is 0.387 e. The molecule has 1 aliphatic heterocycles. The number of urea groups is 1. The van der Waals surface area contributed by atoms with E-state index < -0.39 is 5.60 Å². The van der Waals surface area contributed by atoms with E-state index in [1.807, 2.05) is 6.26 Å². The van der Waals surface area contributed by atoms with Crippen LogP contribution >= 0.6 is 11.8 Å². The molecule has 1 unspecified atom stereocenters. The van der Waals surface area contributed by atoms with Crippen molar-refractivity contribution in [1.82, 2.24) is 10.6 Å². The lowest BCUT2D eigenvalue weighted by Gasteiger charge is -2.26. The third kappa shape index (κ3) is 6.14. The molecule has 0 spiro atoms. The lowest BCUT2D eigenvalue weighted by atomic mass is 10.1. The van der Waals surface area contributed by atoms with E-state index in [9.17, 15) is 9.90 Å². The van der Waals surface area contributed by atoms with E-state index in [2.05, 4.69) is 10.6 Å². The zero-order valence-corrected chi connectivity index (χ0v) is 11.3. The highest BCUT2D eigenvalue weighted by Crippen LogP contribution is 2.09. The molecule has 0 aromatic carbocycles. The summed E-state index contributed by atoms with van der Waals surface area (Å²) in [5.74, 6) is 0.602. The van der Waals surface area contributed by atoms with E-state index in [0.717, 1.165) is 12.8 Å². The van der Waals surface area contributed by atoms with Crippen LogP contribution in [0.15, 0.2) is 0 Å². The molecule has 1 rings (SSSR count). The van der Waals surface area contributed by atoms with Gasteiger partial charge in [-0.15, -0.1) is 0 Å².